The van der Waals surface area contributed by atoms with Crippen LogP contribution in [0.1, 0.15) is 21.7 Å². The maximum Gasteiger partial charge on any atom is 0.322 e. The van der Waals surface area contributed by atoms with Gasteiger partial charge in [-0.05, 0) is 26.0 Å². The topological polar surface area (TPSA) is 117 Å². The number of carbonyl (C=O) groups is 2. The smallest absolute Gasteiger partial charge is 0.322 e. The Hall–Kier alpha value is -3.68. The van der Waals surface area contributed by atoms with Gasteiger partial charge in [-0.1, -0.05) is 18.2 Å². The first-order chi connectivity index (χ1) is 12.9. The molecule has 138 valence electrons. The van der Waals surface area contributed by atoms with Gasteiger partial charge in [-0.2, -0.15) is 5.10 Å². The second-order valence-electron chi connectivity index (χ2n) is 5.96. The van der Waals surface area contributed by atoms with Crippen LogP contribution in [0, 0.1) is 13.8 Å². The first-order valence-electron chi connectivity index (χ1n) is 8.19. The highest BCUT2D eigenvalue weighted by atomic mass is 16.4. The molecule has 0 spiro atoms. The molecule has 0 aliphatic rings. The summed E-state index contributed by atoms with van der Waals surface area (Å²) in [5, 5.41) is 25.6. The zero-order valence-corrected chi connectivity index (χ0v) is 14.8. The Labute approximate surface area is 155 Å². The predicted molar refractivity (Wildman–Crippen MR) is 97.9 cm³/mol. The molecule has 3 N–H and O–H groups in total. The minimum atomic E-state index is -1.18. The number of carboxylic acids is 1. The van der Waals surface area contributed by atoms with E-state index in [1.54, 1.807) is 17.8 Å². The summed E-state index contributed by atoms with van der Waals surface area (Å²) < 4.78 is 1.78. The number of hydrogen-bond acceptors (Lipinski definition) is 5. The van der Waals surface area contributed by atoms with Crippen LogP contribution in [0.2, 0.25) is 0 Å². The fourth-order valence-electron chi connectivity index (χ4n) is 2.77. The summed E-state index contributed by atoms with van der Waals surface area (Å²) in [6.07, 6.45) is 3.15. The molecule has 2 aromatic heterocycles. The van der Waals surface area contributed by atoms with Crippen LogP contribution in [0.25, 0.3) is 16.8 Å². The number of pyridine rings is 1. The van der Waals surface area contributed by atoms with Crippen LogP contribution < -0.4 is 5.32 Å². The number of para-hydroxylation sites is 1. The number of benzene rings is 1. The fraction of sp³-hybridized carbons (Fsp3) is 0.158. The fourth-order valence-corrected chi connectivity index (χ4v) is 2.77. The molecule has 1 aromatic carbocycles. The van der Waals surface area contributed by atoms with Crippen molar-refractivity contribution in [1.82, 2.24) is 20.1 Å². The van der Waals surface area contributed by atoms with Gasteiger partial charge in [-0.15, -0.1) is 0 Å². The lowest BCUT2D eigenvalue weighted by molar-refractivity contribution is -0.135. The standard InChI is InChI=1S/C19H18N4O4/c1-11-14(8-20-17(18(11)26)19(27)21-10-16(24)25)15-9-22-23(12(15)2)13-6-4-3-5-7-13/h3-9,26H,10H2,1-2H3,(H,21,27)(H,24,25). The molecule has 3 rings (SSSR count). The molecule has 0 aliphatic carbocycles. The Morgan fingerprint density at radius 1 is 1.11 bits per heavy atom. The number of rotatable bonds is 5. The average molecular weight is 366 g/mol. The summed E-state index contributed by atoms with van der Waals surface area (Å²) in [7, 11) is 0. The first kappa shape index (κ1) is 18.1. The van der Waals surface area contributed by atoms with E-state index < -0.39 is 18.4 Å². The normalized spacial score (nSPS) is 10.6. The van der Waals surface area contributed by atoms with Gasteiger partial charge in [0.05, 0.1) is 11.9 Å². The van der Waals surface area contributed by atoms with Crippen molar-refractivity contribution in [3.63, 3.8) is 0 Å². The number of hydrogen-bond donors (Lipinski definition) is 3. The summed E-state index contributed by atoms with van der Waals surface area (Å²) in [5.74, 6) is -2.22. The van der Waals surface area contributed by atoms with E-state index in [1.807, 2.05) is 37.3 Å². The van der Waals surface area contributed by atoms with Crippen molar-refractivity contribution in [2.75, 3.05) is 6.54 Å². The van der Waals surface area contributed by atoms with Crippen molar-refractivity contribution in [3.8, 4) is 22.6 Å². The van der Waals surface area contributed by atoms with Gasteiger partial charge >= 0.3 is 5.97 Å². The molecule has 3 aromatic rings. The summed E-state index contributed by atoms with van der Waals surface area (Å²) in [4.78, 5) is 26.6. The molecule has 0 unspecified atom stereocenters. The summed E-state index contributed by atoms with van der Waals surface area (Å²) in [6, 6.07) is 9.62. The summed E-state index contributed by atoms with van der Waals surface area (Å²) in [5.41, 5.74) is 3.42. The molecule has 0 atom stereocenters. The lowest BCUT2D eigenvalue weighted by atomic mass is 10.0. The van der Waals surface area contributed by atoms with E-state index in [0.29, 0.717) is 11.1 Å². The van der Waals surface area contributed by atoms with Gasteiger partial charge in [0, 0.05) is 28.6 Å². The molecule has 8 nitrogen and oxygen atoms in total. The quantitative estimate of drug-likeness (QED) is 0.636. The van der Waals surface area contributed by atoms with Gasteiger partial charge < -0.3 is 15.5 Å². The van der Waals surface area contributed by atoms with E-state index in [1.165, 1.54) is 6.20 Å². The van der Waals surface area contributed by atoms with Crippen molar-refractivity contribution in [1.29, 1.82) is 0 Å². The Balaban J connectivity index is 1.97. The second kappa shape index (κ2) is 7.28. The average Bonchev–Trinajstić information content (AvgIpc) is 3.04. The van der Waals surface area contributed by atoms with Crippen LogP contribution in [0.5, 0.6) is 5.75 Å². The van der Waals surface area contributed by atoms with Crippen LogP contribution in [-0.2, 0) is 4.79 Å². The number of amides is 1. The van der Waals surface area contributed by atoms with E-state index in [9.17, 15) is 14.7 Å². The molecule has 8 heteroatoms. The lowest BCUT2D eigenvalue weighted by Crippen LogP contribution is -2.30. The van der Waals surface area contributed by atoms with Crippen molar-refractivity contribution < 1.29 is 19.8 Å². The number of carbonyl (C=O) groups excluding carboxylic acids is 1. The van der Waals surface area contributed by atoms with Gasteiger partial charge in [0.1, 0.15) is 12.3 Å². The first-order valence-corrected chi connectivity index (χ1v) is 8.19. The molecular formula is C19H18N4O4. The third-order valence-electron chi connectivity index (χ3n) is 4.22. The molecule has 0 fully saturated rings. The largest absolute Gasteiger partial charge is 0.505 e. The number of nitrogens with one attached hydrogen (secondary N) is 1. The van der Waals surface area contributed by atoms with Crippen molar-refractivity contribution >= 4 is 11.9 Å². The third kappa shape index (κ3) is 3.50. The van der Waals surface area contributed by atoms with Crippen LogP contribution in [-0.4, -0.2) is 43.4 Å². The van der Waals surface area contributed by atoms with Crippen LogP contribution >= 0.6 is 0 Å². The maximum atomic E-state index is 12.0. The van der Waals surface area contributed by atoms with Crippen LogP contribution in [0.3, 0.4) is 0 Å². The number of aromatic hydroxyl groups is 1. The van der Waals surface area contributed by atoms with Gasteiger partial charge in [-0.25, -0.2) is 9.67 Å². The highest BCUT2D eigenvalue weighted by molar-refractivity contribution is 5.97. The minimum absolute atomic E-state index is 0.217. The molecule has 0 saturated heterocycles. The van der Waals surface area contributed by atoms with Crippen molar-refractivity contribution in [3.05, 3.63) is 59.7 Å². The zero-order valence-electron chi connectivity index (χ0n) is 14.8. The monoisotopic (exact) mass is 366 g/mol. The molecule has 2 heterocycles. The second-order valence-corrected chi connectivity index (χ2v) is 5.96. The molecule has 0 radical (unpaired) electrons. The predicted octanol–water partition coefficient (Wildman–Crippen LogP) is 2.07. The van der Waals surface area contributed by atoms with Gasteiger partial charge in [0.15, 0.2) is 5.69 Å². The Morgan fingerprint density at radius 2 is 1.81 bits per heavy atom. The Morgan fingerprint density at radius 3 is 2.48 bits per heavy atom. The number of carboxylic acid groups (broad SMARTS) is 1. The maximum absolute atomic E-state index is 12.0. The number of aliphatic carboxylic acids is 1. The van der Waals surface area contributed by atoms with Crippen molar-refractivity contribution in [2.45, 2.75) is 13.8 Å². The van der Waals surface area contributed by atoms with E-state index in [0.717, 1.165) is 16.9 Å². The van der Waals surface area contributed by atoms with Gasteiger partial charge in [0.25, 0.3) is 5.91 Å². The minimum Gasteiger partial charge on any atom is -0.505 e. The SMILES string of the molecule is Cc1c(-c2cnn(-c3ccccc3)c2C)cnc(C(=O)NCC(=O)O)c1O. The molecule has 27 heavy (non-hydrogen) atoms. The molecule has 0 aliphatic heterocycles. The number of aromatic nitrogens is 3. The number of nitrogens with zero attached hydrogens (tertiary/aromatic N) is 3. The molecule has 1 amide bonds. The van der Waals surface area contributed by atoms with Crippen LogP contribution in [0.4, 0.5) is 0 Å². The summed E-state index contributed by atoms with van der Waals surface area (Å²) in [6.45, 7) is 3.02. The highest BCUT2D eigenvalue weighted by Gasteiger charge is 2.20. The zero-order chi connectivity index (χ0) is 19.6. The molecule has 0 saturated carbocycles. The van der Waals surface area contributed by atoms with Crippen molar-refractivity contribution in [2.24, 2.45) is 0 Å². The van der Waals surface area contributed by atoms with E-state index in [-0.39, 0.29) is 11.4 Å². The third-order valence-corrected chi connectivity index (χ3v) is 4.22. The Bertz CT molecular complexity index is 1010. The van der Waals surface area contributed by atoms with Gasteiger partial charge in [-0.3, -0.25) is 9.59 Å². The van der Waals surface area contributed by atoms with E-state index in [2.05, 4.69) is 15.4 Å². The van der Waals surface area contributed by atoms with E-state index in [4.69, 9.17) is 5.11 Å². The lowest BCUT2D eigenvalue weighted by Gasteiger charge is -2.11. The summed E-state index contributed by atoms with van der Waals surface area (Å²) >= 11 is 0. The molecular weight excluding hydrogens is 348 g/mol. The molecule has 0 bridgehead atoms. The van der Waals surface area contributed by atoms with E-state index >= 15 is 0 Å². The highest BCUT2D eigenvalue weighted by Crippen LogP contribution is 2.33. The van der Waals surface area contributed by atoms with Crippen LogP contribution in [0.15, 0.2) is 42.7 Å². The van der Waals surface area contributed by atoms with Gasteiger partial charge in [0.2, 0.25) is 0 Å². The Kier molecular flexibility index (Phi) is 4.89.